The molecule has 0 spiro atoms. The predicted octanol–water partition coefficient (Wildman–Crippen LogP) is 5.40. The van der Waals surface area contributed by atoms with E-state index in [1.165, 1.54) is 11.3 Å². The molecule has 0 fully saturated rings. The van der Waals surface area contributed by atoms with Crippen LogP contribution < -0.4 is 10.1 Å². The van der Waals surface area contributed by atoms with Crippen molar-refractivity contribution in [3.8, 4) is 16.3 Å². The van der Waals surface area contributed by atoms with E-state index in [9.17, 15) is 4.79 Å². The Morgan fingerprint density at radius 2 is 2.06 bits per heavy atom. The van der Waals surface area contributed by atoms with Gasteiger partial charge in [-0.2, -0.15) is 5.10 Å². The van der Waals surface area contributed by atoms with Crippen LogP contribution in [0.4, 0.5) is 5.82 Å². The quantitative estimate of drug-likeness (QED) is 0.354. The number of hydrogen-bond acceptors (Lipinski definition) is 5. The summed E-state index contributed by atoms with van der Waals surface area (Å²) in [6, 6.07) is 17.6. The van der Waals surface area contributed by atoms with E-state index in [1.807, 2.05) is 60.8 Å². The number of nitrogens with zero attached hydrogens (tertiary/aromatic N) is 3. The summed E-state index contributed by atoms with van der Waals surface area (Å²) < 4.78 is 8.47. The Labute approximate surface area is 193 Å². The summed E-state index contributed by atoms with van der Waals surface area (Å²) in [5.41, 5.74) is 2.75. The van der Waals surface area contributed by atoms with Crippen molar-refractivity contribution in [2.24, 2.45) is 0 Å². The van der Waals surface area contributed by atoms with Gasteiger partial charge in [0.15, 0.2) is 0 Å². The number of rotatable bonds is 8. The minimum Gasteiger partial charge on any atom is -0.493 e. The van der Waals surface area contributed by atoms with Gasteiger partial charge in [-0.3, -0.25) is 4.79 Å². The fraction of sp³-hybridized carbons (Fsp3) is 0.174. The van der Waals surface area contributed by atoms with Crippen LogP contribution in [-0.4, -0.2) is 27.3 Å². The molecule has 1 amide bonds. The molecular formula is C23H21BrN4O2S. The first kappa shape index (κ1) is 21.3. The van der Waals surface area contributed by atoms with Crippen LogP contribution in [0.15, 0.2) is 70.6 Å². The molecule has 2 aromatic heterocycles. The fourth-order valence-corrected chi connectivity index (χ4v) is 4.46. The molecule has 0 saturated heterocycles. The van der Waals surface area contributed by atoms with E-state index in [0.29, 0.717) is 19.0 Å². The highest BCUT2D eigenvalue weighted by atomic mass is 79.9. The molecule has 0 aliphatic rings. The van der Waals surface area contributed by atoms with Gasteiger partial charge in [0, 0.05) is 15.9 Å². The summed E-state index contributed by atoms with van der Waals surface area (Å²) >= 11 is 4.99. The van der Waals surface area contributed by atoms with Crippen LogP contribution in [0, 0.1) is 0 Å². The summed E-state index contributed by atoms with van der Waals surface area (Å²) in [5, 5.41) is 10.0. The van der Waals surface area contributed by atoms with Crippen molar-refractivity contribution < 1.29 is 9.53 Å². The number of carbonyl (C=O) groups excluding carboxylic acids is 1. The summed E-state index contributed by atoms with van der Waals surface area (Å²) in [4.78, 5) is 17.3. The zero-order valence-corrected chi connectivity index (χ0v) is 19.3. The highest BCUT2D eigenvalue weighted by molar-refractivity contribution is 9.10. The molecule has 0 saturated carbocycles. The van der Waals surface area contributed by atoms with Gasteiger partial charge < -0.3 is 10.1 Å². The van der Waals surface area contributed by atoms with Crippen LogP contribution in [0.1, 0.15) is 18.2 Å². The lowest BCUT2D eigenvalue weighted by molar-refractivity contribution is -0.115. The smallest absolute Gasteiger partial charge is 0.231 e. The number of ether oxygens (including phenoxy) is 1. The molecule has 0 bridgehead atoms. The van der Waals surface area contributed by atoms with Gasteiger partial charge in [-0.15, -0.1) is 11.3 Å². The van der Waals surface area contributed by atoms with E-state index in [1.54, 1.807) is 16.9 Å². The lowest BCUT2D eigenvalue weighted by Gasteiger charge is -2.09. The van der Waals surface area contributed by atoms with Crippen LogP contribution in [-0.2, 0) is 17.8 Å². The van der Waals surface area contributed by atoms with Gasteiger partial charge in [0.1, 0.15) is 16.6 Å². The maximum Gasteiger partial charge on any atom is 0.231 e. The second kappa shape index (κ2) is 9.89. The molecule has 6 nitrogen and oxygen atoms in total. The number of nitrogens with one attached hydrogen (secondary N) is 1. The second-order valence-corrected chi connectivity index (χ2v) is 8.58. The standard InChI is InChI=1S/C23H21BrN4O2S/c1-2-30-20-9-4-3-8-19(20)23-26-18(15-31-23)13-22(29)27-21-10-11-25-28(21)14-16-6-5-7-17(24)12-16/h3-12,15H,2,13-14H2,1H3,(H,27,29). The predicted molar refractivity (Wildman–Crippen MR) is 127 cm³/mol. The highest BCUT2D eigenvalue weighted by Gasteiger charge is 2.14. The molecule has 0 aliphatic carbocycles. The summed E-state index contributed by atoms with van der Waals surface area (Å²) in [6.07, 6.45) is 1.87. The Hall–Kier alpha value is -2.97. The number of carbonyl (C=O) groups is 1. The zero-order chi connectivity index (χ0) is 21.6. The SMILES string of the molecule is CCOc1ccccc1-c1nc(CC(=O)Nc2ccnn2Cc2cccc(Br)c2)cs1. The van der Waals surface area contributed by atoms with E-state index in [4.69, 9.17) is 4.74 Å². The zero-order valence-electron chi connectivity index (χ0n) is 16.9. The van der Waals surface area contributed by atoms with Gasteiger partial charge in [0.2, 0.25) is 5.91 Å². The van der Waals surface area contributed by atoms with Crippen molar-refractivity contribution in [3.05, 3.63) is 81.9 Å². The number of aromatic nitrogens is 3. The number of amides is 1. The van der Waals surface area contributed by atoms with Crippen molar-refractivity contribution in [1.29, 1.82) is 0 Å². The molecule has 0 unspecified atom stereocenters. The van der Waals surface area contributed by atoms with Crippen molar-refractivity contribution in [1.82, 2.24) is 14.8 Å². The van der Waals surface area contributed by atoms with Gasteiger partial charge in [-0.1, -0.05) is 40.2 Å². The topological polar surface area (TPSA) is 69.0 Å². The average molecular weight is 497 g/mol. The van der Waals surface area contributed by atoms with Crippen LogP contribution in [0.25, 0.3) is 10.6 Å². The number of thiazole rings is 1. The second-order valence-electron chi connectivity index (χ2n) is 6.80. The first-order chi connectivity index (χ1) is 15.1. The van der Waals surface area contributed by atoms with Crippen molar-refractivity contribution in [2.45, 2.75) is 19.9 Å². The number of anilines is 1. The molecule has 0 atom stereocenters. The van der Waals surface area contributed by atoms with Gasteiger partial charge in [0.05, 0.1) is 37.0 Å². The van der Waals surface area contributed by atoms with Gasteiger partial charge >= 0.3 is 0 Å². The molecule has 31 heavy (non-hydrogen) atoms. The normalized spacial score (nSPS) is 10.8. The Morgan fingerprint density at radius 3 is 2.90 bits per heavy atom. The molecule has 0 aliphatic heterocycles. The number of para-hydroxylation sites is 1. The molecule has 4 aromatic rings. The Bertz CT molecular complexity index is 1190. The summed E-state index contributed by atoms with van der Waals surface area (Å²) in [7, 11) is 0. The van der Waals surface area contributed by atoms with E-state index in [-0.39, 0.29) is 12.3 Å². The maximum atomic E-state index is 12.6. The Kier molecular flexibility index (Phi) is 6.79. The van der Waals surface area contributed by atoms with Crippen molar-refractivity contribution in [2.75, 3.05) is 11.9 Å². The van der Waals surface area contributed by atoms with E-state index >= 15 is 0 Å². The highest BCUT2D eigenvalue weighted by Crippen LogP contribution is 2.32. The third-order valence-corrected chi connectivity index (χ3v) is 5.93. The molecular weight excluding hydrogens is 476 g/mol. The summed E-state index contributed by atoms with van der Waals surface area (Å²) in [5.74, 6) is 1.32. The average Bonchev–Trinajstić information content (AvgIpc) is 3.38. The van der Waals surface area contributed by atoms with Crippen LogP contribution >= 0.6 is 27.3 Å². The van der Waals surface area contributed by atoms with Crippen molar-refractivity contribution in [3.63, 3.8) is 0 Å². The molecule has 4 rings (SSSR count). The molecule has 2 aromatic carbocycles. The minimum atomic E-state index is -0.133. The largest absolute Gasteiger partial charge is 0.493 e. The lowest BCUT2D eigenvalue weighted by atomic mass is 10.2. The Balaban J connectivity index is 1.42. The third kappa shape index (κ3) is 5.39. The monoisotopic (exact) mass is 496 g/mol. The molecule has 0 radical (unpaired) electrons. The number of benzene rings is 2. The summed E-state index contributed by atoms with van der Waals surface area (Å²) in [6.45, 7) is 3.11. The third-order valence-electron chi connectivity index (χ3n) is 4.52. The van der Waals surface area contributed by atoms with Gasteiger partial charge in [-0.25, -0.2) is 9.67 Å². The molecule has 158 valence electrons. The maximum absolute atomic E-state index is 12.6. The van der Waals surface area contributed by atoms with E-state index in [2.05, 4.69) is 31.3 Å². The van der Waals surface area contributed by atoms with Gasteiger partial charge in [0.25, 0.3) is 0 Å². The molecule has 2 heterocycles. The first-order valence-corrected chi connectivity index (χ1v) is 11.5. The number of halogens is 1. The van der Waals surface area contributed by atoms with Crippen LogP contribution in [0.3, 0.4) is 0 Å². The minimum absolute atomic E-state index is 0.133. The van der Waals surface area contributed by atoms with Crippen LogP contribution in [0.2, 0.25) is 0 Å². The van der Waals surface area contributed by atoms with E-state index in [0.717, 1.165) is 32.1 Å². The van der Waals surface area contributed by atoms with Gasteiger partial charge in [-0.05, 0) is 36.8 Å². The Morgan fingerprint density at radius 1 is 1.19 bits per heavy atom. The van der Waals surface area contributed by atoms with E-state index < -0.39 is 0 Å². The van der Waals surface area contributed by atoms with Crippen molar-refractivity contribution >= 4 is 39.0 Å². The fourth-order valence-electron chi connectivity index (χ4n) is 3.16. The number of hydrogen-bond donors (Lipinski definition) is 1. The van der Waals surface area contributed by atoms with Crippen LogP contribution in [0.5, 0.6) is 5.75 Å². The first-order valence-electron chi connectivity index (χ1n) is 9.85. The molecule has 1 N–H and O–H groups in total. The molecule has 8 heteroatoms. The lowest BCUT2D eigenvalue weighted by Crippen LogP contribution is -2.18.